The Hall–Kier alpha value is -1.84. The third-order valence-electron chi connectivity index (χ3n) is 2.34. The van der Waals surface area contributed by atoms with Gasteiger partial charge in [-0.15, -0.1) is 5.10 Å². The van der Waals surface area contributed by atoms with Gasteiger partial charge >= 0.3 is 0 Å². The molecule has 0 saturated heterocycles. The number of guanidine groups is 1. The van der Waals surface area contributed by atoms with Crippen molar-refractivity contribution >= 4 is 12.2 Å². The average Bonchev–Trinajstić information content (AvgIpc) is 3.01. The summed E-state index contributed by atoms with van der Waals surface area (Å²) in [6.45, 7) is 0. The number of benzene rings is 1. The van der Waals surface area contributed by atoms with E-state index >= 15 is 0 Å². The first-order valence-corrected chi connectivity index (χ1v) is 4.97. The molecule has 0 aromatic heterocycles. The van der Waals surface area contributed by atoms with E-state index in [-0.39, 0.29) is 5.96 Å². The Morgan fingerprint density at radius 1 is 1.33 bits per heavy atom. The van der Waals surface area contributed by atoms with Crippen LogP contribution in [0, 0.1) is 0 Å². The molecular weight excluding hydrogens is 188 g/mol. The minimum Gasteiger partial charge on any atom is -0.369 e. The molecular formula is C11H14N4. The number of rotatable bonds is 3. The van der Waals surface area contributed by atoms with Gasteiger partial charge in [-0.1, -0.05) is 18.2 Å². The topological polar surface area (TPSA) is 76.8 Å². The van der Waals surface area contributed by atoms with Crippen LogP contribution in [0.2, 0.25) is 0 Å². The van der Waals surface area contributed by atoms with Gasteiger partial charge in [0.05, 0.1) is 6.21 Å². The minimum absolute atomic E-state index is 0.0235. The second kappa shape index (κ2) is 4.13. The van der Waals surface area contributed by atoms with Gasteiger partial charge in [0.2, 0.25) is 5.96 Å². The van der Waals surface area contributed by atoms with Gasteiger partial charge in [-0.25, -0.2) is 0 Å². The number of hydrogen-bond donors (Lipinski definition) is 2. The van der Waals surface area contributed by atoms with Crippen LogP contribution in [0.3, 0.4) is 0 Å². The molecule has 1 saturated carbocycles. The maximum atomic E-state index is 5.16. The molecule has 78 valence electrons. The van der Waals surface area contributed by atoms with Crippen LogP contribution >= 0.6 is 0 Å². The number of nitrogens with zero attached hydrogens (tertiary/aromatic N) is 2. The van der Waals surface area contributed by atoms with Crippen molar-refractivity contribution in [3.8, 4) is 0 Å². The molecule has 1 fully saturated rings. The van der Waals surface area contributed by atoms with E-state index < -0.39 is 0 Å². The molecule has 1 aliphatic rings. The van der Waals surface area contributed by atoms with Crippen molar-refractivity contribution in [1.29, 1.82) is 0 Å². The van der Waals surface area contributed by atoms with Crippen LogP contribution < -0.4 is 11.5 Å². The standard InChI is InChI=1S/C11H14N4/c12-11(13)15-14-7-8-2-1-3-10(6-8)9-4-5-9/h1-3,6-7,9H,4-5H2,(H4,12,13,15). The van der Waals surface area contributed by atoms with Gasteiger partial charge in [-0.05, 0) is 36.0 Å². The van der Waals surface area contributed by atoms with Crippen molar-refractivity contribution < 1.29 is 0 Å². The Morgan fingerprint density at radius 2 is 2.13 bits per heavy atom. The lowest BCUT2D eigenvalue weighted by Crippen LogP contribution is -2.21. The molecule has 0 atom stereocenters. The van der Waals surface area contributed by atoms with Gasteiger partial charge in [-0.2, -0.15) is 5.10 Å². The molecule has 2 rings (SSSR count). The molecule has 1 aliphatic carbocycles. The van der Waals surface area contributed by atoms with Crippen LogP contribution in [-0.2, 0) is 0 Å². The van der Waals surface area contributed by atoms with Gasteiger partial charge in [0.15, 0.2) is 0 Å². The highest BCUT2D eigenvalue weighted by Gasteiger charge is 2.22. The van der Waals surface area contributed by atoms with Gasteiger partial charge in [0.1, 0.15) is 0 Å². The Bertz CT molecular complexity index is 401. The van der Waals surface area contributed by atoms with E-state index in [0.29, 0.717) is 0 Å². The molecule has 0 amide bonds. The molecule has 0 unspecified atom stereocenters. The fourth-order valence-corrected chi connectivity index (χ4v) is 1.47. The lowest BCUT2D eigenvalue weighted by molar-refractivity contribution is 1.13. The summed E-state index contributed by atoms with van der Waals surface area (Å²) in [5.74, 6) is 0.728. The highest BCUT2D eigenvalue weighted by atomic mass is 15.3. The molecule has 1 aromatic rings. The molecule has 4 N–H and O–H groups in total. The van der Waals surface area contributed by atoms with Crippen LogP contribution in [0.5, 0.6) is 0 Å². The average molecular weight is 202 g/mol. The predicted molar refractivity (Wildman–Crippen MR) is 61.8 cm³/mol. The fourth-order valence-electron chi connectivity index (χ4n) is 1.47. The van der Waals surface area contributed by atoms with E-state index in [1.54, 1.807) is 6.21 Å². The van der Waals surface area contributed by atoms with E-state index in [1.807, 2.05) is 12.1 Å². The second-order valence-electron chi connectivity index (χ2n) is 3.71. The van der Waals surface area contributed by atoms with Crippen molar-refractivity contribution in [3.05, 3.63) is 35.4 Å². The van der Waals surface area contributed by atoms with E-state index in [0.717, 1.165) is 11.5 Å². The molecule has 4 heteroatoms. The third kappa shape index (κ3) is 2.80. The molecule has 0 aliphatic heterocycles. The van der Waals surface area contributed by atoms with Gasteiger partial charge < -0.3 is 11.5 Å². The Kier molecular flexibility index (Phi) is 2.67. The largest absolute Gasteiger partial charge is 0.369 e. The molecule has 1 aromatic carbocycles. The maximum absolute atomic E-state index is 5.16. The fraction of sp³-hybridized carbons (Fsp3) is 0.273. The summed E-state index contributed by atoms with van der Waals surface area (Å²) in [5.41, 5.74) is 12.7. The SMILES string of the molecule is NC(N)=NN=Cc1cccc(C2CC2)c1. The van der Waals surface area contributed by atoms with Crippen LogP contribution in [0.25, 0.3) is 0 Å². The third-order valence-corrected chi connectivity index (χ3v) is 2.34. The molecule has 15 heavy (non-hydrogen) atoms. The van der Waals surface area contributed by atoms with Crippen LogP contribution in [0.4, 0.5) is 0 Å². The van der Waals surface area contributed by atoms with E-state index in [1.165, 1.54) is 18.4 Å². The summed E-state index contributed by atoms with van der Waals surface area (Å²) >= 11 is 0. The van der Waals surface area contributed by atoms with Crippen molar-refractivity contribution in [1.82, 2.24) is 0 Å². The summed E-state index contributed by atoms with van der Waals surface area (Å²) in [5, 5.41) is 7.33. The van der Waals surface area contributed by atoms with Crippen molar-refractivity contribution in [2.75, 3.05) is 0 Å². The maximum Gasteiger partial charge on any atom is 0.211 e. The van der Waals surface area contributed by atoms with Crippen LogP contribution in [-0.4, -0.2) is 12.2 Å². The summed E-state index contributed by atoms with van der Waals surface area (Å²) < 4.78 is 0. The van der Waals surface area contributed by atoms with E-state index in [9.17, 15) is 0 Å². The first kappa shape index (κ1) is 9.71. The van der Waals surface area contributed by atoms with Crippen molar-refractivity contribution in [2.24, 2.45) is 21.7 Å². The molecule has 0 spiro atoms. The zero-order chi connectivity index (χ0) is 10.7. The molecule has 0 radical (unpaired) electrons. The first-order chi connectivity index (χ1) is 7.25. The highest BCUT2D eigenvalue weighted by molar-refractivity contribution is 5.81. The summed E-state index contributed by atoms with van der Waals surface area (Å²) in [7, 11) is 0. The van der Waals surface area contributed by atoms with Crippen LogP contribution in [0.15, 0.2) is 34.5 Å². The summed E-state index contributed by atoms with van der Waals surface area (Å²) in [6, 6.07) is 8.29. The minimum atomic E-state index is -0.0235. The summed E-state index contributed by atoms with van der Waals surface area (Å²) in [6.07, 6.45) is 4.26. The molecule has 4 nitrogen and oxygen atoms in total. The van der Waals surface area contributed by atoms with E-state index in [4.69, 9.17) is 11.5 Å². The zero-order valence-electron chi connectivity index (χ0n) is 8.43. The second-order valence-corrected chi connectivity index (χ2v) is 3.71. The Morgan fingerprint density at radius 3 is 2.80 bits per heavy atom. The number of nitrogens with two attached hydrogens (primary N) is 2. The van der Waals surface area contributed by atoms with Gasteiger partial charge in [0.25, 0.3) is 0 Å². The lowest BCUT2D eigenvalue weighted by atomic mass is 10.1. The predicted octanol–water partition coefficient (Wildman–Crippen LogP) is 1.17. The van der Waals surface area contributed by atoms with Crippen LogP contribution in [0.1, 0.15) is 29.9 Å². The van der Waals surface area contributed by atoms with Crippen molar-refractivity contribution in [3.63, 3.8) is 0 Å². The number of hydrogen-bond acceptors (Lipinski definition) is 2. The van der Waals surface area contributed by atoms with Gasteiger partial charge in [0, 0.05) is 0 Å². The van der Waals surface area contributed by atoms with E-state index in [2.05, 4.69) is 22.3 Å². The molecule has 0 bridgehead atoms. The van der Waals surface area contributed by atoms with Crippen molar-refractivity contribution in [2.45, 2.75) is 18.8 Å². The lowest BCUT2D eigenvalue weighted by Gasteiger charge is -1.98. The summed E-state index contributed by atoms with van der Waals surface area (Å²) in [4.78, 5) is 0. The first-order valence-electron chi connectivity index (χ1n) is 4.97. The monoisotopic (exact) mass is 202 g/mol. The quantitative estimate of drug-likeness (QED) is 0.438. The zero-order valence-corrected chi connectivity index (χ0v) is 8.43. The van der Waals surface area contributed by atoms with Gasteiger partial charge in [-0.3, -0.25) is 0 Å². The molecule has 0 heterocycles. The Labute approximate surface area is 88.7 Å². The highest BCUT2D eigenvalue weighted by Crippen LogP contribution is 2.39. The Balaban J connectivity index is 2.11. The smallest absolute Gasteiger partial charge is 0.211 e. The normalized spacial score (nSPS) is 15.5.